The van der Waals surface area contributed by atoms with Crippen LogP contribution in [0.2, 0.25) is 0 Å². The number of nitrogens with zero attached hydrogens (tertiary/aromatic N) is 1. The van der Waals surface area contributed by atoms with E-state index in [1.807, 2.05) is 12.3 Å². The van der Waals surface area contributed by atoms with Crippen LogP contribution in [0.25, 0.3) is 11.3 Å². The number of hydrogen-bond acceptors (Lipinski definition) is 5. The lowest BCUT2D eigenvalue weighted by Gasteiger charge is -2.14. The zero-order valence-corrected chi connectivity index (χ0v) is 15.8. The number of anilines is 1. The van der Waals surface area contributed by atoms with Crippen LogP contribution in [0.3, 0.4) is 0 Å². The molecule has 0 amide bonds. The van der Waals surface area contributed by atoms with E-state index in [9.17, 15) is 12.8 Å². The number of aryl methyl sites for hydroxylation is 1. The van der Waals surface area contributed by atoms with Gasteiger partial charge in [-0.2, -0.15) is 0 Å². The SMILES string of the molecule is CCOc1ccc(-c2csc(C)n2)cc1S(=O)(=O)Nc1ccc(F)cc1. The average molecular weight is 392 g/mol. The lowest BCUT2D eigenvalue weighted by molar-refractivity contribution is 0.331. The highest BCUT2D eigenvalue weighted by molar-refractivity contribution is 7.92. The summed E-state index contributed by atoms with van der Waals surface area (Å²) in [5.41, 5.74) is 1.65. The summed E-state index contributed by atoms with van der Waals surface area (Å²) in [6.45, 7) is 3.99. The van der Waals surface area contributed by atoms with Crippen LogP contribution in [-0.4, -0.2) is 20.0 Å². The molecule has 0 saturated heterocycles. The molecule has 0 fully saturated rings. The number of benzene rings is 2. The Morgan fingerprint density at radius 2 is 1.92 bits per heavy atom. The van der Waals surface area contributed by atoms with Crippen molar-refractivity contribution in [3.05, 3.63) is 58.7 Å². The Bertz CT molecular complexity index is 1020. The van der Waals surface area contributed by atoms with E-state index in [2.05, 4.69) is 9.71 Å². The number of thiazole rings is 1. The van der Waals surface area contributed by atoms with E-state index in [0.717, 1.165) is 5.01 Å². The molecular formula is C18H17FN2O3S2. The van der Waals surface area contributed by atoms with Crippen LogP contribution in [-0.2, 0) is 10.0 Å². The first kappa shape index (κ1) is 18.3. The molecule has 5 nitrogen and oxygen atoms in total. The van der Waals surface area contributed by atoms with Gasteiger partial charge in [0.25, 0.3) is 10.0 Å². The zero-order valence-electron chi connectivity index (χ0n) is 14.2. The van der Waals surface area contributed by atoms with E-state index in [1.54, 1.807) is 19.1 Å². The highest BCUT2D eigenvalue weighted by atomic mass is 32.2. The maximum Gasteiger partial charge on any atom is 0.265 e. The summed E-state index contributed by atoms with van der Waals surface area (Å²) >= 11 is 1.49. The van der Waals surface area contributed by atoms with Crippen molar-refractivity contribution in [3.8, 4) is 17.0 Å². The molecule has 1 N–H and O–H groups in total. The third kappa shape index (κ3) is 4.03. The average Bonchev–Trinajstić information content (AvgIpc) is 3.04. The molecule has 26 heavy (non-hydrogen) atoms. The number of rotatable bonds is 6. The Morgan fingerprint density at radius 1 is 1.19 bits per heavy atom. The van der Waals surface area contributed by atoms with Crippen LogP contribution in [0.1, 0.15) is 11.9 Å². The second-order valence-corrected chi connectivity index (χ2v) is 8.17. The fourth-order valence-electron chi connectivity index (χ4n) is 2.38. The number of halogens is 1. The zero-order chi connectivity index (χ0) is 18.7. The molecule has 1 aromatic heterocycles. The van der Waals surface area contributed by atoms with Gasteiger partial charge in [-0.25, -0.2) is 17.8 Å². The topological polar surface area (TPSA) is 68.3 Å². The molecule has 1 heterocycles. The molecule has 0 bridgehead atoms. The standard InChI is InChI=1S/C18H17FN2O3S2/c1-3-24-17-9-4-13(16-11-25-12(2)20-16)10-18(17)26(22,23)21-15-7-5-14(19)6-8-15/h4-11,21H,3H2,1-2H3. The van der Waals surface area contributed by atoms with Crippen molar-refractivity contribution in [1.82, 2.24) is 4.98 Å². The van der Waals surface area contributed by atoms with Crippen LogP contribution in [0.4, 0.5) is 10.1 Å². The van der Waals surface area contributed by atoms with Crippen molar-refractivity contribution in [1.29, 1.82) is 0 Å². The lowest BCUT2D eigenvalue weighted by atomic mass is 10.2. The molecule has 0 aliphatic rings. The van der Waals surface area contributed by atoms with Crippen molar-refractivity contribution >= 4 is 27.0 Å². The minimum absolute atomic E-state index is 0.00632. The number of aromatic nitrogens is 1. The van der Waals surface area contributed by atoms with E-state index in [0.29, 0.717) is 17.9 Å². The molecule has 0 saturated carbocycles. The summed E-state index contributed by atoms with van der Waals surface area (Å²) in [4.78, 5) is 4.40. The summed E-state index contributed by atoms with van der Waals surface area (Å²) in [6.07, 6.45) is 0. The fraction of sp³-hybridized carbons (Fsp3) is 0.167. The van der Waals surface area contributed by atoms with E-state index >= 15 is 0 Å². The first-order valence-electron chi connectivity index (χ1n) is 7.87. The summed E-state index contributed by atoms with van der Waals surface area (Å²) in [5.74, 6) is -0.193. The minimum atomic E-state index is -3.92. The van der Waals surface area contributed by atoms with Gasteiger partial charge in [0.15, 0.2) is 0 Å². The van der Waals surface area contributed by atoms with Crippen molar-refractivity contribution < 1.29 is 17.5 Å². The first-order valence-corrected chi connectivity index (χ1v) is 10.2. The van der Waals surface area contributed by atoms with Gasteiger partial charge in [-0.15, -0.1) is 11.3 Å². The molecule has 0 aliphatic heterocycles. The predicted molar refractivity (Wildman–Crippen MR) is 101 cm³/mol. The molecule has 136 valence electrons. The molecule has 3 rings (SSSR count). The van der Waals surface area contributed by atoms with Crippen LogP contribution in [0.15, 0.2) is 52.7 Å². The predicted octanol–water partition coefficient (Wildman–Crippen LogP) is 4.46. The molecule has 3 aromatic rings. The molecular weight excluding hydrogens is 375 g/mol. The van der Waals surface area contributed by atoms with Gasteiger partial charge in [-0.05, 0) is 56.3 Å². The second kappa shape index (κ2) is 7.43. The summed E-state index contributed by atoms with van der Waals surface area (Å²) in [6, 6.07) is 10.0. The number of nitrogens with one attached hydrogen (secondary N) is 1. The van der Waals surface area contributed by atoms with Gasteiger partial charge in [-0.3, -0.25) is 4.72 Å². The van der Waals surface area contributed by atoms with Crippen LogP contribution < -0.4 is 9.46 Å². The highest BCUT2D eigenvalue weighted by Gasteiger charge is 2.21. The van der Waals surface area contributed by atoms with Crippen molar-refractivity contribution in [2.75, 3.05) is 11.3 Å². The van der Waals surface area contributed by atoms with Crippen molar-refractivity contribution in [3.63, 3.8) is 0 Å². The summed E-state index contributed by atoms with van der Waals surface area (Å²) in [7, 11) is -3.92. The van der Waals surface area contributed by atoms with Gasteiger partial charge in [0.05, 0.1) is 17.3 Å². The van der Waals surface area contributed by atoms with Gasteiger partial charge in [0, 0.05) is 16.6 Å². The molecule has 0 radical (unpaired) electrons. The summed E-state index contributed by atoms with van der Waals surface area (Å²) < 4.78 is 46.7. The van der Waals surface area contributed by atoms with Crippen LogP contribution in [0, 0.1) is 12.7 Å². The van der Waals surface area contributed by atoms with Crippen molar-refractivity contribution in [2.45, 2.75) is 18.7 Å². The quantitative estimate of drug-likeness (QED) is 0.673. The number of hydrogen-bond donors (Lipinski definition) is 1. The smallest absolute Gasteiger partial charge is 0.265 e. The molecule has 8 heteroatoms. The monoisotopic (exact) mass is 392 g/mol. The van der Waals surface area contributed by atoms with E-state index < -0.39 is 15.8 Å². The maximum absolute atomic E-state index is 13.0. The van der Waals surface area contributed by atoms with Crippen molar-refractivity contribution in [2.24, 2.45) is 0 Å². The molecule has 2 aromatic carbocycles. The van der Waals surface area contributed by atoms with Crippen LogP contribution in [0.5, 0.6) is 5.75 Å². The Kier molecular flexibility index (Phi) is 5.24. The third-order valence-electron chi connectivity index (χ3n) is 3.54. The largest absolute Gasteiger partial charge is 0.492 e. The van der Waals surface area contributed by atoms with Gasteiger partial charge in [0.1, 0.15) is 16.5 Å². The Balaban J connectivity index is 2.03. The van der Waals surface area contributed by atoms with Gasteiger partial charge >= 0.3 is 0 Å². The summed E-state index contributed by atoms with van der Waals surface area (Å²) in [5, 5.41) is 2.76. The van der Waals surface area contributed by atoms with E-state index in [1.165, 1.54) is 41.7 Å². The van der Waals surface area contributed by atoms with Gasteiger partial charge < -0.3 is 4.74 Å². The lowest BCUT2D eigenvalue weighted by Crippen LogP contribution is -2.14. The molecule has 0 unspecified atom stereocenters. The Morgan fingerprint density at radius 3 is 2.54 bits per heavy atom. The van der Waals surface area contributed by atoms with E-state index in [4.69, 9.17) is 4.74 Å². The van der Waals surface area contributed by atoms with Gasteiger partial charge in [-0.1, -0.05) is 0 Å². The third-order valence-corrected chi connectivity index (χ3v) is 5.72. The number of ether oxygens (including phenoxy) is 1. The van der Waals surface area contributed by atoms with Gasteiger partial charge in [0.2, 0.25) is 0 Å². The molecule has 0 spiro atoms. The number of sulfonamides is 1. The minimum Gasteiger partial charge on any atom is -0.492 e. The second-order valence-electron chi connectivity index (χ2n) is 5.46. The highest BCUT2D eigenvalue weighted by Crippen LogP contribution is 2.32. The normalized spacial score (nSPS) is 11.3. The Labute approximate surface area is 155 Å². The van der Waals surface area contributed by atoms with E-state index in [-0.39, 0.29) is 16.3 Å². The maximum atomic E-state index is 13.0. The first-order chi connectivity index (χ1) is 12.4. The van der Waals surface area contributed by atoms with Crippen LogP contribution >= 0.6 is 11.3 Å². The molecule has 0 aliphatic carbocycles. The fourth-order valence-corrected chi connectivity index (χ4v) is 4.23. The molecule has 0 atom stereocenters. The Hall–Kier alpha value is -2.45.